The molecule has 0 saturated carbocycles. The van der Waals surface area contributed by atoms with Crippen molar-refractivity contribution in [2.75, 3.05) is 0 Å². The predicted molar refractivity (Wildman–Crippen MR) is 87.0 cm³/mol. The lowest BCUT2D eigenvalue weighted by Crippen LogP contribution is -2.22. The van der Waals surface area contributed by atoms with Crippen LogP contribution in [-0.2, 0) is 0 Å². The van der Waals surface area contributed by atoms with Crippen LogP contribution in [0.1, 0.15) is 0 Å². The van der Waals surface area contributed by atoms with Crippen LogP contribution >= 0.6 is 23.2 Å². The Balaban J connectivity index is 2.24. The Bertz CT molecular complexity index is 1030. The SMILES string of the molecule is O=[N+]([O-])c1nn(-c2ccc(Cl)cc2)n(O)c1=Nc1ccc(F)cc1Cl. The summed E-state index contributed by atoms with van der Waals surface area (Å²) in [4.78, 5) is 15.6. The van der Waals surface area contributed by atoms with E-state index in [0.29, 0.717) is 15.6 Å². The van der Waals surface area contributed by atoms with E-state index >= 15 is 0 Å². The van der Waals surface area contributed by atoms with Crippen molar-refractivity contribution in [3.05, 3.63) is 73.9 Å². The first kappa shape index (κ1) is 16.9. The third kappa shape index (κ3) is 3.32. The maximum atomic E-state index is 13.1. The van der Waals surface area contributed by atoms with Gasteiger partial charge in [-0.25, -0.2) is 9.38 Å². The summed E-state index contributed by atoms with van der Waals surface area (Å²) in [5, 5.41) is 25.6. The van der Waals surface area contributed by atoms with E-state index in [-0.39, 0.29) is 10.7 Å². The Kier molecular flexibility index (Phi) is 4.43. The van der Waals surface area contributed by atoms with Gasteiger partial charge in [-0.15, -0.1) is 0 Å². The van der Waals surface area contributed by atoms with Gasteiger partial charge >= 0.3 is 5.82 Å². The molecule has 0 atom stereocenters. The smallest absolute Gasteiger partial charge is 0.409 e. The van der Waals surface area contributed by atoms with E-state index < -0.39 is 22.0 Å². The van der Waals surface area contributed by atoms with Crippen LogP contribution in [0.5, 0.6) is 0 Å². The van der Waals surface area contributed by atoms with Crippen molar-refractivity contribution < 1.29 is 14.5 Å². The highest BCUT2D eigenvalue weighted by atomic mass is 35.5. The fraction of sp³-hybridized carbons (Fsp3) is 0. The van der Waals surface area contributed by atoms with Crippen molar-refractivity contribution >= 4 is 34.7 Å². The van der Waals surface area contributed by atoms with E-state index in [9.17, 15) is 19.7 Å². The number of halogens is 3. The predicted octanol–water partition coefficient (Wildman–Crippen LogP) is 3.50. The number of nitro groups is 1. The molecule has 11 heteroatoms. The van der Waals surface area contributed by atoms with Gasteiger partial charge in [0.2, 0.25) is 0 Å². The standard InChI is InChI=1S/C14H8Cl2FN5O3/c15-8-1-4-10(5-2-8)20-19-14(22(24)25)13(21(20)23)18-12-6-3-9(17)7-11(12)16/h1-7,23H. The van der Waals surface area contributed by atoms with Crippen molar-refractivity contribution in [2.24, 2.45) is 4.99 Å². The number of nitrogens with zero attached hydrogens (tertiary/aromatic N) is 5. The number of aromatic nitrogens is 3. The molecule has 128 valence electrons. The fourth-order valence-corrected chi connectivity index (χ4v) is 2.33. The van der Waals surface area contributed by atoms with Crippen molar-refractivity contribution in [3.63, 3.8) is 0 Å². The fourth-order valence-electron chi connectivity index (χ4n) is 2.00. The number of rotatable bonds is 3. The van der Waals surface area contributed by atoms with Gasteiger partial charge in [-0.3, -0.25) is 0 Å². The molecular weight excluding hydrogens is 376 g/mol. The monoisotopic (exact) mass is 383 g/mol. The van der Waals surface area contributed by atoms with Crippen LogP contribution in [0.15, 0.2) is 47.5 Å². The second-order valence-corrected chi connectivity index (χ2v) is 5.61. The van der Waals surface area contributed by atoms with E-state index in [1.807, 2.05) is 0 Å². The minimum absolute atomic E-state index is 0.0321. The highest BCUT2D eigenvalue weighted by molar-refractivity contribution is 6.33. The highest BCUT2D eigenvalue weighted by Gasteiger charge is 2.24. The minimum Gasteiger partial charge on any atom is -0.409 e. The van der Waals surface area contributed by atoms with Gasteiger partial charge in [0, 0.05) is 5.02 Å². The first-order valence-corrected chi connectivity index (χ1v) is 7.44. The summed E-state index contributed by atoms with van der Waals surface area (Å²) in [5.74, 6) is -1.30. The first-order valence-electron chi connectivity index (χ1n) is 6.68. The molecule has 3 rings (SSSR count). The molecule has 0 radical (unpaired) electrons. The van der Waals surface area contributed by atoms with Gasteiger partial charge < -0.3 is 15.3 Å². The van der Waals surface area contributed by atoms with Gasteiger partial charge in [-0.1, -0.05) is 28.0 Å². The van der Waals surface area contributed by atoms with E-state index in [4.69, 9.17) is 23.2 Å². The second-order valence-electron chi connectivity index (χ2n) is 4.77. The molecule has 1 heterocycles. The van der Waals surface area contributed by atoms with E-state index in [0.717, 1.165) is 16.9 Å². The first-order chi connectivity index (χ1) is 11.9. The Morgan fingerprint density at radius 1 is 1.20 bits per heavy atom. The summed E-state index contributed by atoms with van der Waals surface area (Å²) in [6.45, 7) is 0. The van der Waals surface area contributed by atoms with Crippen LogP contribution < -0.4 is 5.49 Å². The normalized spacial score (nSPS) is 11.7. The summed E-state index contributed by atoms with van der Waals surface area (Å²) in [6.07, 6.45) is 0. The summed E-state index contributed by atoms with van der Waals surface area (Å²) in [7, 11) is 0. The summed E-state index contributed by atoms with van der Waals surface area (Å²) in [5.41, 5.74) is -0.139. The van der Waals surface area contributed by atoms with Crippen LogP contribution in [0.3, 0.4) is 0 Å². The molecule has 1 aromatic heterocycles. The molecule has 1 N–H and O–H groups in total. The topological polar surface area (TPSA) is 98.5 Å². The van der Waals surface area contributed by atoms with Crippen molar-refractivity contribution in [1.82, 2.24) is 14.7 Å². The number of benzene rings is 2. The lowest BCUT2D eigenvalue weighted by atomic mass is 10.3. The molecule has 0 saturated heterocycles. The zero-order valence-electron chi connectivity index (χ0n) is 12.2. The third-order valence-corrected chi connectivity index (χ3v) is 3.68. The van der Waals surface area contributed by atoms with Crippen LogP contribution in [0.25, 0.3) is 5.69 Å². The molecule has 0 fully saturated rings. The summed E-state index contributed by atoms with van der Waals surface area (Å²) in [6, 6.07) is 9.36. The van der Waals surface area contributed by atoms with E-state index in [2.05, 4.69) is 10.1 Å². The van der Waals surface area contributed by atoms with E-state index in [1.54, 1.807) is 0 Å². The van der Waals surface area contributed by atoms with Gasteiger partial charge in [0.1, 0.15) is 11.5 Å². The quantitative estimate of drug-likeness (QED) is 0.425. The molecule has 25 heavy (non-hydrogen) atoms. The maximum Gasteiger partial charge on any atom is 0.438 e. The van der Waals surface area contributed by atoms with Crippen molar-refractivity contribution in [1.29, 1.82) is 0 Å². The average molecular weight is 384 g/mol. The zero-order chi connectivity index (χ0) is 18.1. The summed E-state index contributed by atoms with van der Waals surface area (Å²) < 4.78 is 13.1. The second kappa shape index (κ2) is 6.54. The van der Waals surface area contributed by atoms with Crippen LogP contribution in [-0.4, -0.2) is 24.9 Å². The molecule has 3 aromatic rings. The molecule has 0 aliphatic rings. The highest BCUT2D eigenvalue weighted by Crippen LogP contribution is 2.25. The average Bonchev–Trinajstić information content (AvgIpc) is 2.88. The Morgan fingerprint density at radius 2 is 1.88 bits per heavy atom. The minimum atomic E-state index is -0.810. The van der Waals surface area contributed by atoms with Gasteiger partial charge in [-0.05, 0) is 52.2 Å². The summed E-state index contributed by atoms with van der Waals surface area (Å²) >= 11 is 11.7. The van der Waals surface area contributed by atoms with Crippen LogP contribution in [0.4, 0.5) is 15.9 Å². The lowest BCUT2D eigenvalue weighted by Gasteiger charge is -2.00. The van der Waals surface area contributed by atoms with E-state index in [1.165, 1.54) is 30.3 Å². The van der Waals surface area contributed by atoms with Crippen LogP contribution in [0, 0.1) is 15.9 Å². The molecule has 0 spiro atoms. The zero-order valence-corrected chi connectivity index (χ0v) is 13.7. The van der Waals surface area contributed by atoms with Gasteiger partial charge in [0.15, 0.2) is 0 Å². The molecule has 0 aliphatic heterocycles. The van der Waals surface area contributed by atoms with Crippen molar-refractivity contribution in [2.45, 2.75) is 0 Å². The molecule has 0 aliphatic carbocycles. The Hall–Kier alpha value is -2.91. The third-order valence-electron chi connectivity index (χ3n) is 3.12. The van der Waals surface area contributed by atoms with Crippen LogP contribution in [0.2, 0.25) is 10.0 Å². The lowest BCUT2D eigenvalue weighted by molar-refractivity contribution is -0.391. The number of hydrogen-bond donors (Lipinski definition) is 1. The molecule has 0 amide bonds. The van der Waals surface area contributed by atoms with Gasteiger partial charge in [0.05, 0.1) is 15.8 Å². The Morgan fingerprint density at radius 3 is 2.48 bits per heavy atom. The molecule has 2 aromatic carbocycles. The van der Waals surface area contributed by atoms with Crippen molar-refractivity contribution in [3.8, 4) is 5.69 Å². The van der Waals surface area contributed by atoms with Gasteiger partial charge in [0.25, 0.3) is 5.49 Å². The molecular formula is C14H8Cl2FN5O3. The largest absolute Gasteiger partial charge is 0.438 e. The molecule has 0 bridgehead atoms. The van der Waals surface area contributed by atoms with Gasteiger partial charge in [-0.2, -0.15) is 0 Å². The molecule has 8 nitrogen and oxygen atoms in total. The Labute approximate surface area is 149 Å². The number of hydrogen-bond acceptors (Lipinski definition) is 5. The molecule has 0 unspecified atom stereocenters. The maximum absolute atomic E-state index is 13.1.